The summed E-state index contributed by atoms with van der Waals surface area (Å²) >= 11 is 3.40. The minimum Gasteiger partial charge on any atom is -0.389 e. The zero-order valence-corrected chi connectivity index (χ0v) is 12.8. The second-order valence-corrected chi connectivity index (χ2v) is 5.99. The van der Waals surface area contributed by atoms with Crippen LogP contribution in [-0.4, -0.2) is 30.6 Å². The Morgan fingerprint density at radius 1 is 1.58 bits per heavy atom. The molecular weight excluding hydrogens is 308 g/mol. The summed E-state index contributed by atoms with van der Waals surface area (Å²) in [6, 6.07) is 6.09. The van der Waals surface area contributed by atoms with Crippen molar-refractivity contribution in [1.29, 1.82) is 0 Å². The maximum atomic E-state index is 11.8. The Morgan fingerprint density at radius 2 is 2.26 bits per heavy atom. The van der Waals surface area contributed by atoms with Gasteiger partial charge < -0.3 is 15.3 Å². The fraction of sp³-hybridized carbons (Fsp3) is 0.500. The van der Waals surface area contributed by atoms with E-state index in [0.29, 0.717) is 12.6 Å². The normalized spacial score (nSPS) is 16.0. The van der Waals surface area contributed by atoms with Gasteiger partial charge in [-0.05, 0) is 38.0 Å². The standard InChI is InChI=1S/C14H19BrN2O2/c1-9(18)12-7-10(15)3-6-13(12)17(2)8-14(19)16-11-4-5-11/h3,6-7,9,11,18H,4-5,8H2,1-2H3,(H,16,19). The zero-order chi connectivity index (χ0) is 14.0. The molecule has 2 rings (SSSR count). The van der Waals surface area contributed by atoms with Gasteiger partial charge in [-0.25, -0.2) is 0 Å². The van der Waals surface area contributed by atoms with Gasteiger partial charge in [-0.3, -0.25) is 4.79 Å². The smallest absolute Gasteiger partial charge is 0.239 e. The Kier molecular flexibility index (Phi) is 4.47. The minimum absolute atomic E-state index is 0.0319. The second kappa shape index (κ2) is 5.92. The summed E-state index contributed by atoms with van der Waals surface area (Å²) in [7, 11) is 1.86. The third-order valence-corrected chi connectivity index (χ3v) is 3.67. The van der Waals surface area contributed by atoms with Crippen molar-refractivity contribution < 1.29 is 9.90 Å². The minimum atomic E-state index is -0.568. The highest BCUT2D eigenvalue weighted by Gasteiger charge is 2.24. The highest BCUT2D eigenvalue weighted by Crippen LogP contribution is 2.28. The quantitative estimate of drug-likeness (QED) is 0.872. The van der Waals surface area contributed by atoms with Gasteiger partial charge in [0.1, 0.15) is 0 Å². The number of hydrogen-bond donors (Lipinski definition) is 2. The van der Waals surface area contributed by atoms with Crippen LogP contribution in [0.2, 0.25) is 0 Å². The van der Waals surface area contributed by atoms with Gasteiger partial charge in [0.2, 0.25) is 5.91 Å². The van der Waals surface area contributed by atoms with Crippen molar-refractivity contribution in [2.75, 3.05) is 18.5 Å². The van der Waals surface area contributed by atoms with Crippen molar-refractivity contribution in [1.82, 2.24) is 5.32 Å². The molecule has 1 aromatic carbocycles. The first-order valence-electron chi connectivity index (χ1n) is 6.45. The Balaban J connectivity index is 2.08. The summed E-state index contributed by atoms with van der Waals surface area (Å²) in [6.07, 6.45) is 1.61. The van der Waals surface area contributed by atoms with E-state index in [-0.39, 0.29) is 5.91 Å². The summed E-state index contributed by atoms with van der Waals surface area (Å²) < 4.78 is 0.919. The molecule has 1 aliphatic carbocycles. The monoisotopic (exact) mass is 326 g/mol. The van der Waals surface area contributed by atoms with Crippen LogP contribution in [-0.2, 0) is 4.79 Å². The van der Waals surface area contributed by atoms with E-state index in [4.69, 9.17) is 0 Å². The molecule has 1 amide bonds. The van der Waals surface area contributed by atoms with Crippen LogP contribution in [0.1, 0.15) is 31.4 Å². The highest BCUT2D eigenvalue weighted by molar-refractivity contribution is 9.10. The number of hydrogen-bond acceptors (Lipinski definition) is 3. The molecule has 5 heteroatoms. The molecule has 0 heterocycles. The number of nitrogens with zero attached hydrogens (tertiary/aromatic N) is 1. The number of rotatable bonds is 5. The molecule has 1 aliphatic rings. The number of benzene rings is 1. The predicted molar refractivity (Wildman–Crippen MR) is 79.2 cm³/mol. The molecule has 1 atom stereocenters. The van der Waals surface area contributed by atoms with Crippen LogP contribution in [0.15, 0.2) is 22.7 Å². The molecule has 0 spiro atoms. The topological polar surface area (TPSA) is 52.6 Å². The molecule has 1 saturated carbocycles. The van der Waals surface area contributed by atoms with Gasteiger partial charge in [0.05, 0.1) is 12.6 Å². The lowest BCUT2D eigenvalue weighted by Gasteiger charge is -2.23. The van der Waals surface area contributed by atoms with Crippen molar-refractivity contribution in [2.24, 2.45) is 0 Å². The number of amides is 1. The van der Waals surface area contributed by atoms with Gasteiger partial charge in [0.25, 0.3) is 0 Å². The van der Waals surface area contributed by atoms with Crippen LogP contribution in [0.3, 0.4) is 0 Å². The van der Waals surface area contributed by atoms with Crippen LogP contribution in [0.4, 0.5) is 5.69 Å². The molecule has 0 aliphatic heterocycles. The van der Waals surface area contributed by atoms with E-state index < -0.39 is 6.10 Å². The van der Waals surface area contributed by atoms with E-state index in [9.17, 15) is 9.90 Å². The molecule has 1 fully saturated rings. The van der Waals surface area contributed by atoms with Crippen LogP contribution in [0, 0.1) is 0 Å². The summed E-state index contributed by atoms with van der Waals surface area (Å²) in [4.78, 5) is 13.7. The maximum Gasteiger partial charge on any atom is 0.239 e. The van der Waals surface area contributed by atoms with Crippen LogP contribution >= 0.6 is 15.9 Å². The third-order valence-electron chi connectivity index (χ3n) is 3.17. The van der Waals surface area contributed by atoms with Gasteiger partial charge in [0.15, 0.2) is 0 Å². The number of aliphatic hydroxyl groups excluding tert-OH is 1. The fourth-order valence-corrected chi connectivity index (χ4v) is 2.39. The predicted octanol–water partition coefficient (Wildman–Crippen LogP) is 2.22. The third kappa shape index (κ3) is 3.94. The highest BCUT2D eigenvalue weighted by atomic mass is 79.9. The lowest BCUT2D eigenvalue weighted by molar-refractivity contribution is -0.119. The van der Waals surface area contributed by atoms with Gasteiger partial charge in [0, 0.05) is 28.8 Å². The first-order valence-corrected chi connectivity index (χ1v) is 7.24. The molecule has 0 radical (unpaired) electrons. The van der Waals surface area contributed by atoms with Crippen molar-refractivity contribution in [3.63, 3.8) is 0 Å². The van der Waals surface area contributed by atoms with Gasteiger partial charge in [-0.15, -0.1) is 0 Å². The Bertz CT molecular complexity index is 473. The first-order chi connectivity index (χ1) is 8.97. The lowest BCUT2D eigenvalue weighted by Crippen LogP contribution is -2.36. The number of aliphatic hydroxyl groups is 1. The SMILES string of the molecule is CC(O)c1cc(Br)ccc1N(C)CC(=O)NC1CC1. The van der Waals surface area contributed by atoms with E-state index >= 15 is 0 Å². The number of halogens is 1. The molecule has 0 saturated heterocycles. The summed E-state index contributed by atoms with van der Waals surface area (Å²) in [5.74, 6) is 0.0319. The Morgan fingerprint density at radius 3 is 2.84 bits per heavy atom. The molecule has 4 nitrogen and oxygen atoms in total. The number of anilines is 1. The van der Waals surface area contributed by atoms with E-state index in [2.05, 4.69) is 21.2 Å². The Hall–Kier alpha value is -1.07. The van der Waals surface area contributed by atoms with Crippen molar-refractivity contribution in [2.45, 2.75) is 31.9 Å². The van der Waals surface area contributed by atoms with Crippen molar-refractivity contribution >= 4 is 27.5 Å². The van der Waals surface area contributed by atoms with Crippen LogP contribution in [0.25, 0.3) is 0 Å². The van der Waals surface area contributed by atoms with Crippen molar-refractivity contribution in [3.05, 3.63) is 28.2 Å². The molecular formula is C14H19BrN2O2. The van der Waals surface area contributed by atoms with Crippen molar-refractivity contribution in [3.8, 4) is 0 Å². The fourth-order valence-electron chi connectivity index (χ4n) is 2.01. The van der Waals surface area contributed by atoms with E-state index in [0.717, 1.165) is 28.6 Å². The number of carbonyl (C=O) groups is 1. The Labute approximate surface area is 121 Å². The first kappa shape index (κ1) is 14.3. The van der Waals surface area contributed by atoms with Gasteiger partial charge in [-0.1, -0.05) is 15.9 Å². The molecule has 0 bridgehead atoms. The molecule has 1 unspecified atom stereocenters. The van der Waals surface area contributed by atoms with E-state index in [1.165, 1.54) is 0 Å². The molecule has 104 valence electrons. The maximum absolute atomic E-state index is 11.8. The lowest BCUT2D eigenvalue weighted by atomic mass is 10.1. The van der Waals surface area contributed by atoms with E-state index in [1.807, 2.05) is 30.1 Å². The molecule has 2 N–H and O–H groups in total. The molecule has 0 aromatic heterocycles. The van der Waals surface area contributed by atoms with Gasteiger partial charge in [-0.2, -0.15) is 0 Å². The van der Waals surface area contributed by atoms with Crippen LogP contribution in [0.5, 0.6) is 0 Å². The largest absolute Gasteiger partial charge is 0.389 e. The zero-order valence-electron chi connectivity index (χ0n) is 11.2. The average molecular weight is 327 g/mol. The molecule has 1 aromatic rings. The molecule has 19 heavy (non-hydrogen) atoms. The average Bonchev–Trinajstić information content (AvgIpc) is 3.12. The second-order valence-electron chi connectivity index (χ2n) is 5.08. The summed E-state index contributed by atoms with van der Waals surface area (Å²) in [5.41, 5.74) is 1.69. The number of carbonyl (C=O) groups excluding carboxylic acids is 1. The van der Waals surface area contributed by atoms with Gasteiger partial charge >= 0.3 is 0 Å². The summed E-state index contributed by atoms with van der Waals surface area (Å²) in [5, 5.41) is 12.8. The van der Waals surface area contributed by atoms with E-state index in [1.54, 1.807) is 6.92 Å². The summed E-state index contributed by atoms with van der Waals surface area (Å²) in [6.45, 7) is 2.03. The number of nitrogens with one attached hydrogen (secondary N) is 1. The van der Waals surface area contributed by atoms with Crippen LogP contribution < -0.4 is 10.2 Å². The number of likely N-dealkylation sites (N-methyl/N-ethyl adjacent to an activating group) is 1.